The van der Waals surface area contributed by atoms with E-state index in [9.17, 15) is 9.90 Å². The van der Waals surface area contributed by atoms with Gasteiger partial charge in [-0.25, -0.2) is 4.98 Å². The molecule has 1 aromatic heterocycles. The highest BCUT2D eigenvalue weighted by atomic mass is 32.1. The Labute approximate surface area is 104 Å². The minimum absolute atomic E-state index is 0.0907. The van der Waals surface area contributed by atoms with Gasteiger partial charge in [0.15, 0.2) is 5.13 Å². The van der Waals surface area contributed by atoms with Gasteiger partial charge in [0.05, 0.1) is 6.10 Å². The highest BCUT2D eigenvalue weighted by molar-refractivity contribution is 7.15. The summed E-state index contributed by atoms with van der Waals surface area (Å²) in [5.41, 5.74) is 0. The summed E-state index contributed by atoms with van der Waals surface area (Å²) in [6.45, 7) is 4.18. The number of aromatic nitrogens is 1. The van der Waals surface area contributed by atoms with E-state index in [1.165, 1.54) is 18.3 Å². The first kappa shape index (κ1) is 12.5. The second-order valence-corrected chi connectivity index (χ2v) is 5.44. The number of hydrogen-bond donors (Lipinski definition) is 2. The summed E-state index contributed by atoms with van der Waals surface area (Å²) in [5.74, 6) is -0.0907. The normalized spacial score (nSPS) is 18.2. The molecule has 0 atom stereocenters. The average Bonchev–Trinajstić information content (AvgIpc) is 2.68. The lowest BCUT2D eigenvalue weighted by Gasteiger charge is -2.28. The SMILES string of the molecule is CC(=O)Nc1ncc(CN2CCC(O)CC2)s1. The molecular weight excluding hydrogens is 238 g/mol. The van der Waals surface area contributed by atoms with Crippen LogP contribution in [0.2, 0.25) is 0 Å². The van der Waals surface area contributed by atoms with Gasteiger partial charge in [-0.3, -0.25) is 9.69 Å². The monoisotopic (exact) mass is 255 g/mol. The van der Waals surface area contributed by atoms with Crippen molar-refractivity contribution in [1.82, 2.24) is 9.88 Å². The molecule has 2 rings (SSSR count). The van der Waals surface area contributed by atoms with E-state index in [4.69, 9.17) is 0 Å². The Hall–Kier alpha value is -0.980. The van der Waals surface area contributed by atoms with Crippen molar-refractivity contribution in [1.29, 1.82) is 0 Å². The summed E-state index contributed by atoms with van der Waals surface area (Å²) < 4.78 is 0. The fourth-order valence-corrected chi connectivity index (χ4v) is 2.79. The number of thiazole rings is 1. The topological polar surface area (TPSA) is 65.5 Å². The van der Waals surface area contributed by atoms with Crippen LogP contribution in [-0.2, 0) is 11.3 Å². The number of carbonyl (C=O) groups excluding carboxylic acids is 1. The minimum Gasteiger partial charge on any atom is -0.393 e. The highest BCUT2D eigenvalue weighted by Crippen LogP contribution is 2.21. The second kappa shape index (κ2) is 5.57. The summed E-state index contributed by atoms with van der Waals surface area (Å²) in [5, 5.41) is 12.7. The molecule has 0 bridgehead atoms. The number of amides is 1. The Morgan fingerprint density at radius 3 is 3.00 bits per heavy atom. The van der Waals surface area contributed by atoms with Crippen molar-refractivity contribution in [3.05, 3.63) is 11.1 Å². The van der Waals surface area contributed by atoms with Crippen LogP contribution in [0.15, 0.2) is 6.20 Å². The second-order valence-electron chi connectivity index (χ2n) is 4.32. The van der Waals surface area contributed by atoms with Gasteiger partial charge >= 0.3 is 0 Å². The molecule has 1 aliphatic heterocycles. The molecule has 2 heterocycles. The number of likely N-dealkylation sites (tertiary alicyclic amines) is 1. The molecule has 0 aliphatic carbocycles. The third-order valence-electron chi connectivity index (χ3n) is 2.77. The molecule has 1 amide bonds. The van der Waals surface area contributed by atoms with Gasteiger partial charge in [0.2, 0.25) is 5.91 Å². The fourth-order valence-electron chi connectivity index (χ4n) is 1.89. The number of aliphatic hydroxyl groups is 1. The Balaban J connectivity index is 1.86. The van der Waals surface area contributed by atoms with Gasteiger partial charge in [-0.2, -0.15) is 0 Å². The molecule has 1 aliphatic rings. The summed E-state index contributed by atoms with van der Waals surface area (Å²) in [4.78, 5) is 18.5. The minimum atomic E-state index is -0.136. The predicted molar refractivity (Wildman–Crippen MR) is 66.9 cm³/mol. The number of piperidine rings is 1. The standard InChI is InChI=1S/C11H17N3O2S/c1-8(15)13-11-12-6-10(17-11)7-14-4-2-9(16)3-5-14/h6,9,16H,2-5,7H2,1H3,(H,12,13,15). The molecule has 1 aromatic rings. The van der Waals surface area contributed by atoms with Gasteiger partial charge in [-0.05, 0) is 12.8 Å². The Bertz CT molecular complexity index is 386. The average molecular weight is 255 g/mol. The Morgan fingerprint density at radius 1 is 1.65 bits per heavy atom. The van der Waals surface area contributed by atoms with E-state index in [2.05, 4.69) is 15.2 Å². The maximum Gasteiger partial charge on any atom is 0.223 e. The van der Waals surface area contributed by atoms with Crippen molar-refractivity contribution >= 4 is 22.4 Å². The zero-order chi connectivity index (χ0) is 12.3. The first-order valence-corrected chi connectivity index (χ1v) is 6.58. The zero-order valence-corrected chi connectivity index (χ0v) is 10.7. The van der Waals surface area contributed by atoms with Gasteiger partial charge in [-0.1, -0.05) is 0 Å². The quantitative estimate of drug-likeness (QED) is 0.847. The van der Waals surface area contributed by atoms with Crippen LogP contribution in [0.25, 0.3) is 0 Å². The van der Waals surface area contributed by atoms with Gasteiger partial charge in [0.25, 0.3) is 0 Å². The number of anilines is 1. The predicted octanol–water partition coefficient (Wildman–Crippen LogP) is 1.06. The first-order valence-electron chi connectivity index (χ1n) is 5.76. The van der Waals surface area contributed by atoms with Crippen molar-refractivity contribution in [2.45, 2.75) is 32.4 Å². The van der Waals surface area contributed by atoms with Crippen molar-refractivity contribution in [2.75, 3.05) is 18.4 Å². The third kappa shape index (κ3) is 3.76. The smallest absolute Gasteiger partial charge is 0.223 e. The van der Waals surface area contributed by atoms with Gasteiger partial charge in [0, 0.05) is 37.6 Å². The van der Waals surface area contributed by atoms with Crippen molar-refractivity contribution in [3.63, 3.8) is 0 Å². The molecule has 1 saturated heterocycles. The van der Waals surface area contributed by atoms with Gasteiger partial charge < -0.3 is 10.4 Å². The van der Waals surface area contributed by atoms with Gasteiger partial charge in [0.1, 0.15) is 0 Å². The molecule has 17 heavy (non-hydrogen) atoms. The van der Waals surface area contributed by atoms with E-state index in [0.717, 1.165) is 37.4 Å². The van der Waals surface area contributed by atoms with Crippen molar-refractivity contribution in [2.24, 2.45) is 0 Å². The summed E-state index contributed by atoms with van der Waals surface area (Å²) >= 11 is 1.51. The number of rotatable bonds is 3. The molecule has 94 valence electrons. The fraction of sp³-hybridized carbons (Fsp3) is 0.636. The van der Waals surface area contributed by atoms with Crippen LogP contribution in [0.1, 0.15) is 24.6 Å². The lowest BCUT2D eigenvalue weighted by atomic mass is 10.1. The van der Waals surface area contributed by atoms with Crippen LogP contribution in [0, 0.1) is 0 Å². The maximum absolute atomic E-state index is 10.9. The Morgan fingerprint density at radius 2 is 2.35 bits per heavy atom. The molecule has 2 N–H and O–H groups in total. The van der Waals surface area contributed by atoms with E-state index in [0.29, 0.717) is 5.13 Å². The Kier molecular flexibility index (Phi) is 4.09. The molecule has 5 nitrogen and oxygen atoms in total. The highest BCUT2D eigenvalue weighted by Gasteiger charge is 2.17. The van der Waals surface area contributed by atoms with E-state index < -0.39 is 0 Å². The van der Waals surface area contributed by atoms with E-state index in [-0.39, 0.29) is 12.0 Å². The summed E-state index contributed by atoms with van der Waals surface area (Å²) in [6, 6.07) is 0. The van der Waals surface area contributed by atoms with E-state index >= 15 is 0 Å². The van der Waals surface area contributed by atoms with Crippen molar-refractivity contribution in [3.8, 4) is 0 Å². The van der Waals surface area contributed by atoms with Crippen LogP contribution in [0.4, 0.5) is 5.13 Å². The van der Waals surface area contributed by atoms with Crippen LogP contribution in [0.5, 0.6) is 0 Å². The van der Waals surface area contributed by atoms with E-state index in [1.54, 1.807) is 6.20 Å². The summed E-state index contributed by atoms with van der Waals surface area (Å²) in [7, 11) is 0. The largest absolute Gasteiger partial charge is 0.393 e. The first-order chi connectivity index (χ1) is 8.13. The van der Waals surface area contributed by atoms with Gasteiger partial charge in [-0.15, -0.1) is 11.3 Å². The lowest BCUT2D eigenvalue weighted by molar-refractivity contribution is -0.114. The maximum atomic E-state index is 10.9. The molecular formula is C11H17N3O2S. The van der Waals surface area contributed by atoms with Crippen LogP contribution in [0.3, 0.4) is 0 Å². The number of hydrogen-bond acceptors (Lipinski definition) is 5. The number of aliphatic hydroxyl groups excluding tert-OH is 1. The molecule has 0 saturated carbocycles. The summed E-state index contributed by atoms with van der Waals surface area (Å²) in [6.07, 6.45) is 3.36. The third-order valence-corrected chi connectivity index (χ3v) is 3.67. The molecule has 0 aromatic carbocycles. The molecule has 0 unspecified atom stereocenters. The molecule has 1 fully saturated rings. The van der Waals surface area contributed by atoms with Crippen LogP contribution >= 0.6 is 11.3 Å². The number of nitrogens with one attached hydrogen (secondary N) is 1. The molecule has 6 heteroatoms. The number of carbonyl (C=O) groups is 1. The van der Waals surface area contributed by atoms with Crippen LogP contribution < -0.4 is 5.32 Å². The number of nitrogens with zero attached hydrogens (tertiary/aromatic N) is 2. The van der Waals surface area contributed by atoms with E-state index in [1.807, 2.05) is 0 Å². The molecule has 0 spiro atoms. The van der Waals surface area contributed by atoms with Crippen molar-refractivity contribution < 1.29 is 9.90 Å². The lowest BCUT2D eigenvalue weighted by Crippen LogP contribution is -2.35. The molecule has 0 radical (unpaired) electrons. The zero-order valence-electron chi connectivity index (χ0n) is 9.85. The van der Waals surface area contributed by atoms with Crippen LogP contribution in [-0.4, -0.2) is 40.1 Å².